The van der Waals surface area contributed by atoms with Crippen LogP contribution in [0.5, 0.6) is 63.4 Å². The number of rotatable bonds is 24. The van der Waals surface area contributed by atoms with Crippen molar-refractivity contribution in [3.8, 4) is 63.4 Å². The molecule has 1 aliphatic heterocycles. The Kier molecular flexibility index (Phi) is 23.4. The summed E-state index contributed by atoms with van der Waals surface area (Å²) >= 11 is 0. The molecule has 0 saturated heterocycles. The van der Waals surface area contributed by atoms with Crippen LogP contribution < -0.4 is 53.8 Å². The molecule has 0 spiro atoms. The molecule has 12 rings (SSSR count). The van der Waals surface area contributed by atoms with E-state index in [1.165, 1.54) is 42.7 Å². The summed E-state index contributed by atoms with van der Waals surface area (Å²) in [5.74, 6) is 3.17. The maximum atomic E-state index is 12.9. The van der Waals surface area contributed by atoms with E-state index in [-0.39, 0.29) is 71.6 Å². The number of benzene rings is 3. The summed E-state index contributed by atoms with van der Waals surface area (Å²) < 4.78 is 51.6. The van der Waals surface area contributed by atoms with Crippen LogP contribution in [-0.2, 0) is 54.5 Å². The predicted octanol–water partition coefficient (Wildman–Crippen LogP) is 12.1. The van der Waals surface area contributed by atoms with E-state index in [1.54, 1.807) is 93.7 Å². The Labute approximate surface area is 595 Å². The van der Waals surface area contributed by atoms with Crippen LogP contribution >= 0.6 is 0 Å². The Morgan fingerprint density at radius 1 is 0.583 bits per heavy atom. The van der Waals surface area contributed by atoms with Crippen molar-refractivity contribution in [2.45, 2.75) is 65.1 Å². The van der Waals surface area contributed by atoms with Crippen LogP contribution in [0.15, 0.2) is 149 Å². The second-order valence-electron chi connectivity index (χ2n) is 24.0. The first-order chi connectivity index (χ1) is 49.7. The molecule has 532 valence electrons. The van der Waals surface area contributed by atoms with E-state index in [1.807, 2.05) is 98.0 Å². The van der Waals surface area contributed by atoms with E-state index in [0.717, 1.165) is 78.2 Å². The molecule has 103 heavy (non-hydrogen) atoms. The third kappa shape index (κ3) is 16.6. The molecular formula is C78H80N10O15. The number of nitrogens with one attached hydrogen (secondary N) is 3. The van der Waals surface area contributed by atoms with Crippen molar-refractivity contribution >= 4 is 63.8 Å². The van der Waals surface area contributed by atoms with Gasteiger partial charge in [0.1, 0.15) is 17.7 Å². The minimum absolute atomic E-state index is 0.0487. The Morgan fingerprint density at radius 2 is 1.14 bits per heavy atom. The standard InChI is InChI=1S/C27H28N4O4.C26H26N2O6.C25H26N4O5/c1-16-19(9-17-10-23(34-4)27(33)24(11-17)35-5)22-15-29-25(28-2)12-21(22)20(16)13-26(32)30-14-18-7-6-8-31(18)3;1-15-18(8-16-9-22(31-2)26(30)23(10-16)32-3)20-12-25(33-4)28-14-21(20)19(15)11-24(29)27-13-17-6-5-7-34-17;1-29-7-5-6-16(29)13-26-23(30)12-19-18-11-17(32-2)14-27-24(18)20(28-19)8-15-9-21(33-3)25(31)22(10-15)34-4/h6-8,10-12,15,20,33H,9,13-14H2,1,3-5H3,(H,30,32);5-10,12,14,30H,11,13H2,1-4H3,(H,27,29);5-11,14,31H,12-13H2,1-4H3,(H,26,30)/b;18-8-;20-8+. The number of allylic oxidation sites excluding steroid dienone is 4. The number of aryl methyl sites for hydroxylation is 2. The third-order valence-electron chi connectivity index (χ3n) is 17.9. The van der Waals surface area contributed by atoms with Crippen LogP contribution in [0.3, 0.4) is 0 Å². The quantitative estimate of drug-likeness (QED) is 0.0306. The fraction of sp³-hybridized carbons (Fsp3) is 0.256. The SMILES string of the molecule is COc1cc2c(cn1)C(CC(=O)NCc1ccco1)=C(C)/C2=C/c1cc(OC)c(O)c(OC)c1.COc1cnc2c(c1)C(CC(=O)NCc1cccn1C)=N/C2=C/c1cc(OC)c(O)c(OC)c1.[C-]#[N+]c1cc2c(cn1)C(Cc1cc(OC)c(O)c(OC)c1)=C(C)C2CC(=O)NCc1cccn1C. The van der Waals surface area contributed by atoms with Gasteiger partial charge in [-0.25, -0.2) is 9.98 Å². The van der Waals surface area contributed by atoms with E-state index in [4.69, 9.17) is 53.9 Å². The highest BCUT2D eigenvalue weighted by molar-refractivity contribution is 6.18. The summed E-state index contributed by atoms with van der Waals surface area (Å²) in [7, 11) is 15.9. The Balaban J connectivity index is 0.000000166. The predicted molar refractivity (Wildman–Crippen MR) is 389 cm³/mol. The molecule has 25 nitrogen and oxygen atoms in total. The number of furan rings is 1. The number of ether oxygens (including phenoxy) is 8. The van der Waals surface area contributed by atoms with Gasteiger partial charge in [0, 0.05) is 79.2 Å². The van der Waals surface area contributed by atoms with Crippen LogP contribution in [0.4, 0.5) is 5.82 Å². The van der Waals surface area contributed by atoms with Gasteiger partial charge in [-0.15, -0.1) is 4.98 Å². The number of methoxy groups -OCH3 is 8. The van der Waals surface area contributed by atoms with Gasteiger partial charge in [-0.3, -0.25) is 19.4 Å². The summed E-state index contributed by atoms with van der Waals surface area (Å²) in [4.78, 5) is 59.7. The van der Waals surface area contributed by atoms with E-state index >= 15 is 0 Å². The molecule has 3 aliphatic rings. The molecule has 3 amide bonds. The summed E-state index contributed by atoms with van der Waals surface area (Å²) in [5.41, 5.74) is 15.4. The highest BCUT2D eigenvalue weighted by Crippen LogP contribution is 2.49. The monoisotopic (exact) mass is 1400 g/mol. The molecule has 1 atom stereocenters. The lowest BCUT2D eigenvalue weighted by molar-refractivity contribution is -0.122. The lowest BCUT2D eigenvalue weighted by atomic mass is 9.93. The second-order valence-corrected chi connectivity index (χ2v) is 24.0. The zero-order valence-electron chi connectivity index (χ0n) is 59.2. The first kappa shape index (κ1) is 73.0. The highest BCUT2D eigenvalue weighted by Gasteiger charge is 2.33. The van der Waals surface area contributed by atoms with Crippen molar-refractivity contribution in [3.63, 3.8) is 0 Å². The topological polar surface area (TPSA) is 300 Å². The molecule has 6 N–H and O–H groups in total. The fourth-order valence-corrected chi connectivity index (χ4v) is 12.3. The summed E-state index contributed by atoms with van der Waals surface area (Å²) in [6.45, 7) is 12.6. The number of pyridine rings is 3. The molecule has 7 heterocycles. The van der Waals surface area contributed by atoms with Gasteiger partial charge in [-0.2, -0.15) is 0 Å². The summed E-state index contributed by atoms with van der Waals surface area (Å²) in [6, 6.07) is 27.2. The van der Waals surface area contributed by atoms with Gasteiger partial charge >= 0.3 is 0 Å². The average molecular weight is 1400 g/mol. The van der Waals surface area contributed by atoms with Crippen LogP contribution in [0.25, 0.3) is 39.4 Å². The molecule has 0 fully saturated rings. The number of nitrogens with zero attached hydrogens (tertiary/aromatic N) is 7. The molecular weight excluding hydrogens is 1320 g/mol. The van der Waals surface area contributed by atoms with E-state index in [9.17, 15) is 29.7 Å². The third-order valence-corrected chi connectivity index (χ3v) is 17.9. The zero-order chi connectivity index (χ0) is 73.6. The van der Waals surface area contributed by atoms with Gasteiger partial charge < -0.3 is 87.6 Å². The second kappa shape index (κ2) is 33.0. The van der Waals surface area contributed by atoms with Gasteiger partial charge in [-0.1, -0.05) is 12.1 Å². The lowest BCUT2D eigenvalue weighted by Crippen LogP contribution is -2.26. The van der Waals surface area contributed by atoms with Gasteiger partial charge in [0.05, 0.1) is 119 Å². The van der Waals surface area contributed by atoms with Gasteiger partial charge in [0.15, 0.2) is 34.5 Å². The summed E-state index contributed by atoms with van der Waals surface area (Å²) in [5, 5.41) is 39.6. The molecule has 2 aliphatic carbocycles. The first-order valence-corrected chi connectivity index (χ1v) is 32.5. The van der Waals surface area contributed by atoms with Crippen molar-refractivity contribution in [1.29, 1.82) is 0 Å². The molecule has 1 unspecified atom stereocenters. The number of hydrogen-bond acceptors (Lipinski definition) is 19. The first-order valence-electron chi connectivity index (χ1n) is 32.5. The molecule has 25 heteroatoms. The van der Waals surface area contributed by atoms with Gasteiger partial charge in [0.25, 0.3) is 5.82 Å². The minimum Gasteiger partial charge on any atom is -0.502 e. The van der Waals surface area contributed by atoms with Crippen LogP contribution in [-0.4, -0.2) is 120 Å². The number of aliphatic imine (C=N–C) groups is 1. The number of phenolic OH excluding ortho intramolecular Hbond substituents is 3. The smallest absolute Gasteiger partial charge is 0.269 e. The molecule has 0 radical (unpaired) electrons. The van der Waals surface area contributed by atoms with E-state index < -0.39 is 0 Å². The van der Waals surface area contributed by atoms with E-state index in [0.29, 0.717) is 94.9 Å². The van der Waals surface area contributed by atoms with Crippen molar-refractivity contribution in [2.24, 2.45) is 19.1 Å². The number of hydrogen-bond donors (Lipinski definition) is 6. The number of carbonyl (C=O) groups excluding carboxylic acids is 3. The van der Waals surface area contributed by atoms with Gasteiger partial charge in [-0.05, 0) is 167 Å². The number of amides is 3. The molecule has 0 bridgehead atoms. The largest absolute Gasteiger partial charge is 0.502 e. The Bertz CT molecular complexity index is 4800. The number of phenols is 3. The Hall–Kier alpha value is -12.7. The number of aromatic hydroxyl groups is 3. The van der Waals surface area contributed by atoms with Crippen LogP contribution in [0, 0.1) is 6.57 Å². The fourth-order valence-electron chi connectivity index (χ4n) is 12.3. The van der Waals surface area contributed by atoms with Crippen molar-refractivity contribution in [1.82, 2.24) is 40.0 Å². The normalized spacial score (nSPS) is 13.9. The minimum atomic E-state index is -0.155. The number of fused-ring (bicyclic) bond motifs is 3. The summed E-state index contributed by atoms with van der Waals surface area (Å²) in [6.07, 6.45) is 15.4. The van der Waals surface area contributed by atoms with Crippen LogP contribution in [0.1, 0.15) is 106 Å². The molecule has 3 aromatic carbocycles. The van der Waals surface area contributed by atoms with E-state index in [2.05, 4.69) is 35.7 Å². The van der Waals surface area contributed by atoms with Crippen molar-refractivity contribution in [3.05, 3.63) is 218 Å². The molecule has 6 aromatic heterocycles. The molecule has 9 aromatic rings. The van der Waals surface area contributed by atoms with Crippen molar-refractivity contribution in [2.75, 3.05) is 56.9 Å². The number of aromatic nitrogens is 5. The maximum Gasteiger partial charge on any atom is 0.269 e. The van der Waals surface area contributed by atoms with Crippen LogP contribution in [0.2, 0.25) is 0 Å². The number of carbonyl (C=O) groups is 3. The van der Waals surface area contributed by atoms with Crippen molar-refractivity contribution < 1.29 is 72.0 Å². The van der Waals surface area contributed by atoms with Gasteiger partial charge in [0.2, 0.25) is 40.9 Å². The lowest BCUT2D eigenvalue weighted by Gasteiger charge is -2.15. The Morgan fingerprint density at radius 3 is 1.67 bits per heavy atom. The highest BCUT2D eigenvalue weighted by atomic mass is 16.5. The average Bonchev–Trinajstić information content (AvgIpc) is 1.63. The maximum absolute atomic E-state index is 12.9. The molecule has 0 saturated carbocycles. The zero-order valence-corrected chi connectivity index (χ0v) is 59.2.